The van der Waals surface area contributed by atoms with Crippen LogP contribution in [0.1, 0.15) is 22.8 Å². The normalized spacial score (nSPS) is 10.3. The fraction of sp³-hybridized carbons (Fsp3) is 0.174. The molecule has 3 aromatic rings. The van der Waals surface area contributed by atoms with Gasteiger partial charge in [-0.2, -0.15) is 0 Å². The van der Waals surface area contributed by atoms with Crippen LogP contribution in [0.2, 0.25) is 0 Å². The first kappa shape index (κ1) is 18.5. The summed E-state index contributed by atoms with van der Waals surface area (Å²) in [6.45, 7) is 3.91. The molecule has 0 bridgehead atoms. The quantitative estimate of drug-likeness (QED) is 0.646. The third-order valence-electron chi connectivity index (χ3n) is 4.44. The molecule has 0 aliphatic heterocycles. The van der Waals surface area contributed by atoms with Gasteiger partial charge in [0.15, 0.2) is 0 Å². The SMILES string of the molecule is CCN(Cc1ccccc1)c1ccc(NC(=O)c2ccc(OC)cc2)cc1. The average Bonchev–Trinajstić information content (AvgIpc) is 2.73. The molecule has 3 rings (SSSR count). The molecule has 1 N–H and O–H groups in total. The van der Waals surface area contributed by atoms with Gasteiger partial charge in [0.05, 0.1) is 7.11 Å². The number of carbonyl (C=O) groups is 1. The molecule has 27 heavy (non-hydrogen) atoms. The summed E-state index contributed by atoms with van der Waals surface area (Å²) in [5, 5.41) is 2.93. The molecule has 0 radical (unpaired) electrons. The van der Waals surface area contributed by atoms with Gasteiger partial charge in [0.1, 0.15) is 5.75 Å². The summed E-state index contributed by atoms with van der Waals surface area (Å²) in [4.78, 5) is 14.7. The van der Waals surface area contributed by atoms with Crippen molar-refractivity contribution in [3.63, 3.8) is 0 Å². The minimum Gasteiger partial charge on any atom is -0.497 e. The molecule has 0 aliphatic carbocycles. The lowest BCUT2D eigenvalue weighted by Crippen LogP contribution is -2.21. The summed E-state index contributed by atoms with van der Waals surface area (Å²) in [6, 6.07) is 25.4. The molecule has 0 saturated carbocycles. The van der Waals surface area contributed by atoms with E-state index in [1.807, 2.05) is 30.3 Å². The second-order valence-corrected chi connectivity index (χ2v) is 6.23. The Kier molecular flexibility index (Phi) is 6.10. The molecule has 0 saturated heterocycles. The summed E-state index contributed by atoms with van der Waals surface area (Å²) in [7, 11) is 1.61. The van der Waals surface area contributed by atoms with Crippen molar-refractivity contribution < 1.29 is 9.53 Å². The topological polar surface area (TPSA) is 41.6 Å². The van der Waals surface area contributed by atoms with Crippen molar-refractivity contribution in [3.8, 4) is 5.75 Å². The number of ether oxygens (including phenoxy) is 1. The van der Waals surface area contributed by atoms with Gasteiger partial charge in [0.2, 0.25) is 0 Å². The molecule has 138 valence electrons. The molecule has 4 nitrogen and oxygen atoms in total. The van der Waals surface area contributed by atoms with E-state index in [0.717, 1.165) is 30.2 Å². The van der Waals surface area contributed by atoms with Crippen molar-refractivity contribution in [2.75, 3.05) is 23.9 Å². The van der Waals surface area contributed by atoms with Crippen LogP contribution in [-0.4, -0.2) is 19.6 Å². The Morgan fingerprint density at radius 3 is 2.19 bits per heavy atom. The van der Waals surface area contributed by atoms with E-state index in [4.69, 9.17) is 4.74 Å². The first-order chi connectivity index (χ1) is 13.2. The third kappa shape index (κ3) is 4.88. The van der Waals surface area contributed by atoms with Crippen molar-refractivity contribution in [1.82, 2.24) is 0 Å². The summed E-state index contributed by atoms with van der Waals surface area (Å²) >= 11 is 0. The predicted molar refractivity (Wildman–Crippen MR) is 111 cm³/mol. The number of rotatable bonds is 7. The van der Waals surface area contributed by atoms with Gasteiger partial charge in [-0.3, -0.25) is 4.79 Å². The van der Waals surface area contributed by atoms with Crippen LogP contribution in [0.4, 0.5) is 11.4 Å². The van der Waals surface area contributed by atoms with E-state index in [-0.39, 0.29) is 5.91 Å². The zero-order chi connectivity index (χ0) is 19.1. The van der Waals surface area contributed by atoms with E-state index < -0.39 is 0 Å². The first-order valence-electron chi connectivity index (χ1n) is 9.04. The molecule has 0 atom stereocenters. The van der Waals surface area contributed by atoms with E-state index in [9.17, 15) is 4.79 Å². The zero-order valence-electron chi connectivity index (χ0n) is 15.7. The minimum absolute atomic E-state index is 0.137. The van der Waals surface area contributed by atoms with E-state index in [2.05, 4.69) is 41.4 Å². The van der Waals surface area contributed by atoms with Gasteiger partial charge >= 0.3 is 0 Å². The van der Waals surface area contributed by atoms with E-state index in [0.29, 0.717) is 5.56 Å². The molecule has 0 spiro atoms. The number of carbonyl (C=O) groups excluding carboxylic acids is 1. The molecule has 0 fully saturated rings. The maximum absolute atomic E-state index is 12.4. The highest BCUT2D eigenvalue weighted by Crippen LogP contribution is 2.21. The molecule has 0 unspecified atom stereocenters. The number of hydrogen-bond acceptors (Lipinski definition) is 3. The lowest BCUT2D eigenvalue weighted by Gasteiger charge is -2.23. The van der Waals surface area contributed by atoms with Crippen LogP contribution < -0.4 is 15.0 Å². The zero-order valence-corrected chi connectivity index (χ0v) is 15.7. The second kappa shape index (κ2) is 8.90. The van der Waals surface area contributed by atoms with E-state index >= 15 is 0 Å². The molecule has 0 aromatic heterocycles. The Morgan fingerprint density at radius 2 is 1.59 bits per heavy atom. The van der Waals surface area contributed by atoms with Crippen LogP contribution in [0.15, 0.2) is 78.9 Å². The van der Waals surface area contributed by atoms with Crippen LogP contribution in [-0.2, 0) is 6.54 Å². The summed E-state index contributed by atoms with van der Waals surface area (Å²) in [5.74, 6) is 0.594. The Hall–Kier alpha value is -3.27. The molecule has 1 amide bonds. The Morgan fingerprint density at radius 1 is 0.926 bits per heavy atom. The number of amides is 1. The lowest BCUT2D eigenvalue weighted by molar-refractivity contribution is 0.102. The largest absolute Gasteiger partial charge is 0.497 e. The Labute approximate surface area is 160 Å². The fourth-order valence-electron chi connectivity index (χ4n) is 2.89. The molecule has 4 heteroatoms. The van der Waals surface area contributed by atoms with Gasteiger partial charge in [-0.25, -0.2) is 0 Å². The van der Waals surface area contributed by atoms with Crippen LogP contribution in [0.3, 0.4) is 0 Å². The Balaban J connectivity index is 1.65. The summed E-state index contributed by atoms with van der Waals surface area (Å²) < 4.78 is 5.12. The van der Waals surface area contributed by atoms with Gasteiger partial charge < -0.3 is 15.0 Å². The van der Waals surface area contributed by atoms with Crippen LogP contribution in [0, 0.1) is 0 Å². The first-order valence-corrected chi connectivity index (χ1v) is 9.04. The number of anilines is 2. The van der Waals surface area contributed by atoms with Gasteiger partial charge in [-0.05, 0) is 61.0 Å². The number of nitrogens with one attached hydrogen (secondary N) is 1. The molecule has 0 aliphatic rings. The monoisotopic (exact) mass is 360 g/mol. The highest BCUT2D eigenvalue weighted by atomic mass is 16.5. The number of nitrogens with zero attached hydrogens (tertiary/aromatic N) is 1. The van der Waals surface area contributed by atoms with Crippen molar-refractivity contribution >= 4 is 17.3 Å². The fourth-order valence-corrected chi connectivity index (χ4v) is 2.89. The lowest BCUT2D eigenvalue weighted by atomic mass is 10.1. The van der Waals surface area contributed by atoms with Crippen molar-refractivity contribution in [2.45, 2.75) is 13.5 Å². The highest BCUT2D eigenvalue weighted by molar-refractivity contribution is 6.04. The maximum atomic E-state index is 12.4. The standard InChI is InChI=1S/C23H24N2O2/c1-3-25(17-18-7-5-4-6-8-18)21-13-11-20(12-14-21)24-23(26)19-9-15-22(27-2)16-10-19/h4-16H,3,17H2,1-2H3,(H,24,26). The highest BCUT2D eigenvalue weighted by Gasteiger charge is 2.08. The van der Waals surface area contributed by atoms with Crippen molar-refractivity contribution in [2.24, 2.45) is 0 Å². The third-order valence-corrected chi connectivity index (χ3v) is 4.44. The smallest absolute Gasteiger partial charge is 0.255 e. The minimum atomic E-state index is -0.137. The number of benzene rings is 3. The summed E-state index contributed by atoms with van der Waals surface area (Å²) in [6.07, 6.45) is 0. The second-order valence-electron chi connectivity index (χ2n) is 6.23. The van der Waals surface area contributed by atoms with Crippen LogP contribution >= 0.6 is 0 Å². The van der Waals surface area contributed by atoms with Gasteiger partial charge in [0, 0.05) is 30.0 Å². The summed E-state index contributed by atoms with van der Waals surface area (Å²) in [5.41, 5.74) is 3.77. The molecular weight excluding hydrogens is 336 g/mol. The van der Waals surface area contributed by atoms with Crippen LogP contribution in [0.5, 0.6) is 5.75 Å². The van der Waals surface area contributed by atoms with Crippen LogP contribution in [0.25, 0.3) is 0 Å². The van der Waals surface area contributed by atoms with E-state index in [1.54, 1.807) is 31.4 Å². The molecule has 3 aromatic carbocycles. The number of methoxy groups -OCH3 is 1. The van der Waals surface area contributed by atoms with Gasteiger partial charge in [-0.15, -0.1) is 0 Å². The molecule has 0 heterocycles. The Bertz CT molecular complexity index is 859. The van der Waals surface area contributed by atoms with E-state index in [1.165, 1.54) is 5.56 Å². The van der Waals surface area contributed by atoms with Gasteiger partial charge in [0.25, 0.3) is 5.91 Å². The molecular formula is C23H24N2O2. The predicted octanol–water partition coefficient (Wildman–Crippen LogP) is 4.97. The van der Waals surface area contributed by atoms with Crippen molar-refractivity contribution in [3.05, 3.63) is 90.0 Å². The van der Waals surface area contributed by atoms with Gasteiger partial charge in [-0.1, -0.05) is 30.3 Å². The maximum Gasteiger partial charge on any atom is 0.255 e. The average molecular weight is 360 g/mol. The number of hydrogen-bond donors (Lipinski definition) is 1. The van der Waals surface area contributed by atoms with Crippen molar-refractivity contribution in [1.29, 1.82) is 0 Å².